The summed E-state index contributed by atoms with van der Waals surface area (Å²) in [6, 6.07) is 0. The van der Waals surface area contributed by atoms with Crippen LogP contribution in [0.4, 0.5) is 0 Å². The van der Waals surface area contributed by atoms with E-state index in [0.717, 1.165) is 25.2 Å². The zero-order chi connectivity index (χ0) is 12.8. The fraction of sp³-hybridized carbons (Fsp3) is 0.625. The van der Waals surface area contributed by atoms with Crippen LogP contribution in [0.1, 0.15) is 39.5 Å². The van der Waals surface area contributed by atoms with Gasteiger partial charge < -0.3 is 9.84 Å². The lowest BCUT2D eigenvalue weighted by molar-refractivity contribution is 0.178. The predicted octanol–water partition coefficient (Wildman–Crippen LogP) is 3.35. The minimum absolute atomic E-state index is 0.0650. The average Bonchev–Trinajstić information content (AvgIpc) is 2.80. The minimum Gasteiger partial charge on any atom is -0.497 e. The van der Waals surface area contributed by atoms with E-state index in [-0.39, 0.29) is 12.0 Å². The Bertz CT molecular complexity index is 456. The third kappa shape index (κ3) is 1.51. The first-order valence-electron chi connectivity index (χ1n) is 7.06. The van der Waals surface area contributed by atoms with E-state index in [0.29, 0.717) is 5.92 Å². The molecule has 2 unspecified atom stereocenters. The summed E-state index contributed by atoms with van der Waals surface area (Å²) in [6.45, 7) is 5.55. The Hall–Kier alpha value is -1.02. The van der Waals surface area contributed by atoms with Gasteiger partial charge in [0.05, 0.1) is 18.6 Å². The highest BCUT2D eigenvalue weighted by Crippen LogP contribution is 2.57. The molecule has 2 nitrogen and oxygen atoms in total. The molecular weight excluding hydrogens is 224 g/mol. The second-order valence-corrected chi connectivity index (χ2v) is 5.88. The van der Waals surface area contributed by atoms with Crippen molar-refractivity contribution in [3.05, 3.63) is 34.6 Å². The molecule has 3 rings (SSSR count). The molecule has 1 saturated heterocycles. The smallest absolute Gasteiger partial charge is 0.110 e. The lowest BCUT2D eigenvalue weighted by Gasteiger charge is -2.34. The van der Waals surface area contributed by atoms with Crippen molar-refractivity contribution in [3.63, 3.8) is 0 Å². The van der Waals surface area contributed by atoms with Gasteiger partial charge in [-0.05, 0) is 55.7 Å². The van der Waals surface area contributed by atoms with E-state index in [1.807, 2.05) is 6.08 Å². The molecule has 2 aliphatic carbocycles. The molecule has 98 valence electrons. The highest BCUT2D eigenvalue weighted by Gasteiger charge is 2.47. The Morgan fingerprint density at radius 1 is 1.50 bits per heavy atom. The van der Waals surface area contributed by atoms with E-state index in [1.54, 1.807) is 5.57 Å². The SMILES string of the molecule is CC1CCC2=C1C1(C)C(=C2)OCCC/C1=C/CO. The van der Waals surface area contributed by atoms with Crippen molar-refractivity contribution in [1.82, 2.24) is 0 Å². The summed E-state index contributed by atoms with van der Waals surface area (Å²) < 4.78 is 5.99. The van der Waals surface area contributed by atoms with Gasteiger partial charge in [-0.1, -0.05) is 18.6 Å². The molecule has 1 aliphatic heterocycles. The fourth-order valence-corrected chi connectivity index (χ4v) is 3.99. The first kappa shape index (κ1) is 12.0. The van der Waals surface area contributed by atoms with Crippen LogP contribution in [0, 0.1) is 11.3 Å². The number of ether oxygens (including phenoxy) is 1. The molecular formula is C16H22O2. The van der Waals surface area contributed by atoms with E-state index in [1.165, 1.54) is 24.0 Å². The molecule has 1 N–H and O–H groups in total. The van der Waals surface area contributed by atoms with Crippen LogP contribution in [0.15, 0.2) is 34.6 Å². The second-order valence-electron chi connectivity index (χ2n) is 5.88. The van der Waals surface area contributed by atoms with Gasteiger partial charge >= 0.3 is 0 Å². The number of hydrogen-bond donors (Lipinski definition) is 1. The van der Waals surface area contributed by atoms with Gasteiger partial charge in [-0.2, -0.15) is 0 Å². The molecule has 1 heterocycles. The van der Waals surface area contributed by atoms with Crippen molar-refractivity contribution in [3.8, 4) is 0 Å². The Balaban J connectivity index is 2.11. The molecule has 0 aromatic carbocycles. The van der Waals surface area contributed by atoms with Gasteiger partial charge in [-0.25, -0.2) is 0 Å². The molecule has 2 heteroatoms. The summed E-state index contributed by atoms with van der Waals surface area (Å²) >= 11 is 0. The van der Waals surface area contributed by atoms with Crippen LogP contribution in [0.2, 0.25) is 0 Å². The van der Waals surface area contributed by atoms with Crippen LogP contribution in [-0.2, 0) is 4.74 Å². The lowest BCUT2D eigenvalue weighted by Crippen LogP contribution is -2.25. The summed E-state index contributed by atoms with van der Waals surface area (Å²) in [7, 11) is 0. The van der Waals surface area contributed by atoms with Crippen LogP contribution in [0.3, 0.4) is 0 Å². The Morgan fingerprint density at radius 2 is 2.33 bits per heavy atom. The van der Waals surface area contributed by atoms with Gasteiger partial charge in [-0.15, -0.1) is 0 Å². The first-order chi connectivity index (χ1) is 8.67. The molecule has 2 atom stereocenters. The fourth-order valence-electron chi connectivity index (χ4n) is 3.99. The highest BCUT2D eigenvalue weighted by molar-refractivity contribution is 5.54. The maximum absolute atomic E-state index is 9.30. The van der Waals surface area contributed by atoms with Crippen molar-refractivity contribution in [2.75, 3.05) is 13.2 Å². The van der Waals surface area contributed by atoms with Crippen LogP contribution < -0.4 is 0 Å². The van der Waals surface area contributed by atoms with E-state index >= 15 is 0 Å². The zero-order valence-electron chi connectivity index (χ0n) is 11.3. The number of aliphatic hydroxyl groups is 1. The number of allylic oxidation sites excluding steroid dienone is 3. The lowest BCUT2D eigenvalue weighted by atomic mass is 9.71. The summed E-state index contributed by atoms with van der Waals surface area (Å²) in [5.74, 6) is 1.76. The zero-order valence-corrected chi connectivity index (χ0v) is 11.3. The first-order valence-corrected chi connectivity index (χ1v) is 7.06. The average molecular weight is 246 g/mol. The Labute approximate surface area is 109 Å². The van der Waals surface area contributed by atoms with Crippen LogP contribution in [0.25, 0.3) is 0 Å². The van der Waals surface area contributed by atoms with Crippen LogP contribution >= 0.6 is 0 Å². The summed E-state index contributed by atoms with van der Waals surface area (Å²) in [5.41, 5.74) is 4.34. The summed E-state index contributed by atoms with van der Waals surface area (Å²) in [6.07, 6.45) is 8.81. The molecule has 0 spiro atoms. The number of hydrogen-bond acceptors (Lipinski definition) is 2. The number of rotatable bonds is 1. The summed E-state index contributed by atoms with van der Waals surface area (Å²) in [5, 5.41) is 9.30. The molecule has 3 aliphatic rings. The highest BCUT2D eigenvalue weighted by atomic mass is 16.5. The summed E-state index contributed by atoms with van der Waals surface area (Å²) in [4.78, 5) is 0. The van der Waals surface area contributed by atoms with E-state index in [2.05, 4.69) is 19.9 Å². The molecule has 0 bridgehead atoms. The van der Waals surface area contributed by atoms with Gasteiger partial charge in [0.25, 0.3) is 0 Å². The molecule has 1 fully saturated rings. The van der Waals surface area contributed by atoms with Crippen molar-refractivity contribution in [1.29, 1.82) is 0 Å². The minimum atomic E-state index is -0.0650. The standard InChI is InChI=1S/C16H22O2/c1-11-5-6-12-10-14-16(2,15(11)12)13(7-8-17)4-3-9-18-14/h7,10-11,17H,3-6,8-9H2,1-2H3/b13-7-. The topological polar surface area (TPSA) is 29.5 Å². The van der Waals surface area contributed by atoms with Gasteiger partial charge in [0.1, 0.15) is 5.76 Å². The number of fused-ring (bicyclic) bond motifs is 2. The van der Waals surface area contributed by atoms with Crippen LogP contribution in [0.5, 0.6) is 0 Å². The number of aliphatic hydroxyl groups excluding tert-OH is 1. The van der Waals surface area contributed by atoms with Crippen LogP contribution in [-0.4, -0.2) is 18.3 Å². The Morgan fingerprint density at radius 3 is 3.11 bits per heavy atom. The Kier molecular flexibility index (Phi) is 2.86. The van der Waals surface area contributed by atoms with Gasteiger partial charge in [0.15, 0.2) is 0 Å². The van der Waals surface area contributed by atoms with Gasteiger partial charge in [0.2, 0.25) is 0 Å². The molecule has 0 radical (unpaired) electrons. The predicted molar refractivity (Wildman–Crippen MR) is 72.0 cm³/mol. The van der Waals surface area contributed by atoms with Crippen molar-refractivity contribution >= 4 is 0 Å². The molecule has 0 saturated carbocycles. The third-order valence-corrected chi connectivity index (χ3v) is 4.85. The molecule has 0 amide bonds. The third-order valence-electron chi connectivity index (χ3n) is 4.85. The molecule has 18 heavy (non-hydrogen) atoms. The van der Waals surface area contributed by atoms with E-state index < -0.39 is 0 Å². The molecule has 0 aromatic heterocycles. The maximum Gasteiger partial charge on any atom is 0.110 e. The van der Waals surface area contributed by atoms with E-state index in [4.69, 9.17) is 4.74 Å². The molecule has 0 aromatic rings. The monoisotopic (exact) mass is 246 g/mol. The largest absolute Gasteiger partial charge is 0.497 e. The van der Waals surface area contributed by atoms with Crippen molar-refractivity contribution in [2.45, 2.75) is 39.5 Å². The quantitative estimate of drug-likeness (QED) is 0.719. The van der Waals surface area contributed by atoms with E-state index in [9.17, 15) is 5.11 Å². The van der Waals surface area contributed by atoms with Crippen molar-refractivity contribution in [2.24, 2.45) is 11.3 Å². The normalized spacial score (nSPS) is 37.2. The van der Waals surface area contributed by atoms with Crippen molar-refractivity contribution < 1.29 is 9.84 Å². The van der Waals surface area contributed by atoms with Gasteiger partial charge in [0, 0.05) is 0 Å². The van der Waals surface area contributed by atoms with Gasteiger partial charge in [-0.3, -0.25) is 0 Å². The maximum atomic E-state index is 9.30. The second kappa shape index (κ2) is 4.27.